The maximum atomic E-state index is 12.2. The number of hydrogen-bond donors (Lipinski definition) is 1. The number of ether oxygens (including phenoxy) is 2. The number of hydrogen-bond acceptors (Lipinski definition) is 6. The number of nitrogens with one attached hydrogen (secondary N) is 1. The molecule has 1 amide bonds. The Balaban J connectivity index is 1.86. The van der Waals surface area contributed by atoms with E-state index < -0.39 is 5.97 Å². The van der Waals surface area contributed by atoms with E-state index in [0.717, 1.165) is 11.3 Å². The minimum absolute atomic E-state index is 0.145. The van der Waals surface area contributed by atoms with Gasteiger partial charge in [0.2, 0.25) is 0 Å². The molecule has 0 heterocycles. The highest BCUT2D eigenvalue weighted by Crippen LogP contribution is 2.13. The third-order valence-corrected chi connectivity index (χ3v) is 3.61. The van der Waals surface area contributed by atoms with Gasteiger partial charge in [-0.25, -0.2) is 10.2 Å². The summed E-state index contributed by atoms with van der Waals surface area (Å²) in [5.41, 5.74) is 4.75. The Morgan fingerprint density at radius 2 is 1.86 bits per heavy atom. The molecule has 1 N–H and O–H groups in total. The molecule has 0 bridgehead atoms. The second-order valence-electron chi connectivity index (χ2n) is 6.54. The molecule has 0 saturated heterocycles. The third-order valence-electron chi connectivity index (χ3n) is 3.61. The Kier molecular flexibility index (Phi) is 7.56. The summed E-state index contributed by atoms with van der Waals surface area (Å²) in [5.74, 6) is -0.160. The molecule has 2 aromatic carbocycles. The number of benzene rings is 2. The molecule has 0 aliphatic heterocycles. The zero-order valence-electron chi connectivity index (χ0n) is 16.5. The summed E-state index contributed by atoms with van der Waals surface area (Å²) in [6.45, 7) is 3.42. The molecular weight excluding hydrogens is 358 g/mol. The Bertz CT molecular complexity index is 830. The Hall–Kier alpha value is -3.35. The number of esters is 1. The lowest BCUT2D eigenvalue weighted by Gasteiger charge is -2.12. The lowest BCUT2D eigenvalue weighted by Crippen LogP contribution is -2.18. The summed E-state index contributed by atoms with van der Waals surface area (Å²) in [7, 11) is 3.83. The molecule has 0 fully saturated rings. The smallest absolute Gasteiger partial charge is 0.344 e. The van der Waals surface area contributed by atoms with Gasteiger partial charge in [-0.15, -0.1) is 0 Å². The van der Waals surface area contributed by atoms with Gasteiger partial charge in [-0.1, -0.05) is 6.07 Å². The van der Waals surface area contributed by atoms with Crippen LogP contribution >= 0.6 is 0 Å². The summed E-state index contributed by atoms with van der Waals surface area (Å²) < 4.78 is 10.4. The maximum absolute atomic E-state index is 12.2. The van der Waals surface area contributed by atoms with E-state index >= 15 is 0 Å². The van der Waals surface area contributed by atoms with Gasteiger partial charge in [-0.3, -0.25) is 4.79 Å². The van der Waals surface area contributed by atoms with Crippen LogP contribution in [0.1, 0.15) is 29.8 Å². The second-order valence-corrected chi connectivity index (χ2v) is 6.54. The largest absolute Gasteiger partial charge is 0.482 e. The number of carbonyl (C=O) groups is 2. The monoisotopic (exact) mass is 383 g/mol. The van der Waals surface area contributed by atoms with E-state index in [9.17, 15) is 9.59 Å². The van der Waals surface area contributed by atoms with Crippen LogP contribution in [0.4, 0.5) is 5.69 Å². The van der Waals surface area contributed by atoms with E-state index in [2.05, 4.69) is 10.5 Å². The van der Waals surface area contributed by atoms with Crippen molar-refractivity contribution in [1.29, 1.82) is 0 Å². The molecule has 0 aliphatic carbocycles. The summed E-state index contributed by atoms with van der Waals surface area (Å²) in [6.07, 6.45) is 1.36. The molecule has 148 valence electrons. The Morgan fingerprint density at radius 1 is 1.14 bits per heavy atom. The van der Waals surface area contributed by atoms with Crippen LogP contribution in [0.5, 0.6) is 5.75 Å². The van der Waals surface area contributed by atoms with Crippen LogP contribution in [0.3, 0.4) is 0 Å². The van der Waals surface area contributed by atoms with Crippen molar-refractivity contribution >= 4 is 23.8 Å². The normalized spacial score (nSPS) is 10.8. The SMILES string of the molecule is CC(C)OC(=O)COc1ccc(/C=N\NC(=O)c2cccc(N(C)C)c2)cc1. The Morgan fingerprint density at radius 3 is 2.50 bits per heavy atom. The molecule has 0 unspecified atom stereocenters. The van der Waals surface area contributed by atoms with Gasteiger partial charge in [-0.05, 0) is 61.9 Å². The van der Waals surface area contributed by atoms with Crippen LogP contribution < -0.4 is 15.1 Å². The molecule has 0 spiro atoms. The van der Waals surface area contributed by atoms with Crippen molar-refractivity contribution in [2.45, 2.75) is 20.0 Å². The topological polar surface area (TPSA) is 80.2 Å². The summed E-state index contributed by atoms with van der Waals surface area (Å²) in [5, 5.41) is 3.98. The van der Waals surface area contributed by atoms with Crippen LogP contribution in [0.25, 0.3) is 0 Å². The van der Waals surface area contributed by atoms with Crippen LogP contribution in [-0.4, -0.2) is 44.9 Å². The van der Waals surface area contributed by atoms with Crippen molar-refractivity contribution in [1.82, 2.24) is 5.43 Å². The molecule has 0 atom stereocenters. The van der Waals surface area contributed by atoms with Crippen molar-refractivity contribution in [2.24, 2.45) is 5.10 Å². The lowest BCUT2D eigenvalue weighted by molar-refractivity contribution is -0.149. The fourth-order valence-corrected chi connectivity index (χ4v) is 2.24. The van der Waals surface area contributed by atoms with Gasteiger partial charge >= 0.3 is 5.97 Å². The Labute approximate surface area is 164 Å². The summed E-state index contributed by atoms with van der Waals surface area (Å²) in [6, 6.07) is 14.2. The van der Waals surface area contributed by atoms with Crippen LogP contribution in [0, 0.1) is 0 Å². The number of carbonyl (C=O) groups excluding carboxylic acids is 2. The zero-order chi connectivity index (χ0) is 20.5. The van der Waals surface area contributed by atoms with Crippen LogP contribution in [0.2, 0.25) is 0 Å². The van der Waals surface area contributed by atoms with Crippen molar-refractivity contribution in [3.63, 3.8) is 0 Å². The molecule has 7 heteroatoms. The highest BCUT2D eigenvalue weighted by molar-refractivity contribution is 5.95. The molecule has 28 heavy (non-hydrogen) atoms. The minimum Gasteiger partial charge on any atom is -0.482 e. The first-order valence-electron chi connectivity index (χ1n) is 8.88. The highest BCUT2D eigenvalue weighted by Gasteiger charge is 2.07. The van der Waals surface area contributed by atoms with Gasteiger partial charge < -0.3 is 14.4 Å². The highest BCUT2D eigenvalue weighted by atomic mass is 16.6. The van der Waals surface area contributed by atoms with Crippen LogP contribution in [0.15, 0.2) is 53.6 Å². The minimum atomic E-state index is -0.415. The molecule has 0 aromatic heterocycles. The standard InChI is InChI=1S/C21H25N3O4/c1-15(2)28-20(25)14-27-19-10-8-16(9-11-19)13-22-23-21(26)17-6-5-7-18(12-17)24(3)4/h5-13,15H,14H2,1-4H3,(H,23,26)/b22-13-. The number of rotatable bonds is 8. The van der Waals surface area contributed by atoms with E-state index in [1.807, 2.05) is 31.1 Å². The predicted molar refractivity (Wildman–Crippen MR) is 109 cm³/mol. The van der Waals surface area contributed by atoms with E-state index in [1.165, 1.54) is 6.21 Å². The summed E-state index contributed by atoms with van der Waals surface area (Å²) >= 11 is 0. The maximum Gasteiger partial charge on any atom is 0.344 e. The molecule has 0 radical (unpaired) electrons. The van der Waals surface area contributed by atoms with Gasteiger partial charge in [-0.2, -0.15) is 5.10 Å². The fraction of sp³-hybridized carbons (Fsp3) is 0.286. The molecule has 7 nitrogen and oxygen atoms in total. The van der Waals surface area contributed by atoms with Crippen molar-refractivity contribution < 1.29 is 19.1 Å². The van der Waals surface area contributed by atoms with Gasteiger partial charge in [0, 0.05) is 25.3 Å². The zero-order valence-corrected chi connectivity index (χ0v) is 16.5. The quantitative estimate of drug-likeness (QED) is 0.431. The number of hydrazone groups is 1. The third kappa shape index (κ3) is 6.75. The first-order chi connectivity index (χ1) is 13.3. The fourth-order valence-electron chi connectivity index (χ4n) is 2.24. The van der Waals surface area contributed by atoms with Crippen molar-refractivity contribution in [3.8, 4) is 5.75 Å². The number of nitrogens with zero attached hydrogens (tertiary/aromatic N) is 2. The molecule has 0 saturated carbocycles. The average molecular weight is 383 g/mol. The van der Waals surface area contributed by atoms with Gasteiger partial charge in [0.15, 0.2) is 6.61 Å². The number of anilines is 1. The molecular formula is C21H25N3O4. The van der Waals surface area contributed by atoms with Crippen molar-refractivity contribution in [2.75, 3.05) is 25.6 Å². The first kappa shape index (κ1) is 21.0. The van der Waals surface area contributed by atoms with E-state index in [-0.39, 0.29) is 18.6 Å². The van der Waals surface area contributed by atoms with Crippen LogP contribution in [-0.2, 0) is 9.53 Å². The van der Waals surface area contributed by atoms with Crippen molar-refractivity contribution in [3.05, 3.63) is 59.7 Å². The molecule has 2 aromatic rings. The van der Waals surface area contributed by atoms with Gasteiger partial charge in [0.05, 0.1) is 12.3 Å². The van der Waals surface area contributed by atoms with Gasteiger partial charge in [0.1, 0.15) is 5.75 Å². The van der Waals surface area contributed by atoms with E-state index in [1.54, 1.807) is 50.2 Å². The van der Waals surface area contributed by atoms with Gasteiger partial charge in [0.25, 0.3) is 5.91 Å². The first-order valence-corrected chi connectivity index (χ1v) is 8.88. The van der Waals surface area contributed by atoms with E-state index in [4.69, 9.17) is 9.47 Å². The predicted octanol–water partition coefficient (Wildman–Crippen LogP) is 2.85. The van der Waals surface area contributed by atoms with E-state index in [0.29, 0.717) is 11.3 Å². The average Bonchev–Trinajstić information content (AvgIpc) is 2.67. The summed E-state index contributed by atoms with van der Waals surface area (Å²) in [4.78, 5) is 25.6. The molecule has 0 aliphatic rings. The molecule has 2 rings (SSSR count). The number of amides is 1. The lowest BCUT2D eigenvalue weighted by atomic mass is 10.2. The second kappa shape index (κ2) is 10.1.